The molecular weight excluding hydrogens is 188 g/mol. The van der Waals surface area contributed by atoms with E-state index in [-0.39, 0.29) is 5.41 Å². The first-order valence-electron chi connectivity index (χ1n) is 5.62. The number of rotatable bonds is 1. The first-order chi connectivity index (χ1) is 6.34. The summed E-state index contributed by atoms with van der Waals surface area (Å²) >= 11 is 0. The molecule has 1 atom stereocenters. The minimum Gasteiger partial charge on any atom is -0.295 e. The first kappa shape index (κ1) is 10.2. The predicted molar refractivity (Wildman–Crippen MR) is 62.0 cm³/mol. The molecule has 0 bridgehead atoms. The molecule has 2 rings (SSSR count). The summed E-state index contributed by atoms with van der Waals surface area (Å²) in [6.45, 7) is 9.20. The molecule has 2 aliphatic carbocycles. The fourth-order valence-corrected chi connectivity index (χ4v) is 5.47. The highest BCUT2D eigenvalue weighted by Gasteiger charge is 2.47. The molecule has 0 spiro atoms. The largest absolute Gasteiger partial charge is 0.295 e. The molecule has 2 aliphatic rings. The second-order valence-electron chi connectivity index (χ2n) is 6.12. The molecule has 1 saturated carbocycles. The second kappa shape index (κ2) is 2.81. The average molecular weight is 208 g/mol. The zero-order chi connectivity index (χ0) is 10.6. The molecule has 0 N–H and O–H groups in total. The molecule has 0 aromatic rings. The van der Waals surface area contributed by atoms with Gasteiger partial charge in [0, 0.05) is 6.42 Å². The Kier molecular flexibility index (Phi) is 2.04. The third kappa shape index (κ3) is 1.31. The van der Waals surface area contributed by atoms with Crippen molar-refractivity contribution in [3.8, 4) is 0 Å². The Balaban J connectivity index is 2.52. The van der Waals surface area contributed by atoms with Gasteiger partial charge in [0.2, 0.25) is 0 Å². The van der Waals surface area contributed by atoms with E-state index in [1.807, 2.05) is 0 Å². The van der Waals surface area contributed by atoms with Gasteiger partial charge < -0.3 is 0 Å². The molecule has 0 aliphatic heterocycles. The Morgan fingerprint density at radius 3 is 2.50 bits per heavy atom. The summed E-state index contributed by atoms with van der Waals surface area (Å²) in [6.07, 6.45) is 4.54. The van der Waals surface area contributed by atoms with E-state index >= 15 is 0 Å². The molecule has 0 aromatic heterocycles. The number of Topliss-reactive ketones (excluding diaryl/α,β-unsaturated/α-hetero) is 1. The SMILES string of the molecule is CC12CCCC1=C([Si](C)(C)C)C(=O)C2. The van der Waals surface area contributed by atoms with Crippen LogP contribution in [0.5, 0.6) is 0 Å². The van der Waals surface area contributed by atoms with E-state index in [1.54, 1.807) is 5.57 Å². The maximum atomic E-state index is 12.0. The van der Waals surface area contributed by atoms with Crippen molar-refractivity contribution in [2.24, 2.45) is 5.41 Å². The van der Waals surface area contributed by atoms with Crippen molar-refractivity contribution < 1.29 is 4.79 Å². The van der Waals surface area contributed by atoms with Crippen LogP contribution in [0.15, 0.2) is 10.8 Å². The van der Waals surface area contributed by atoms with Crippen LogP contribution < -0.4 is 0 Å². The van der Waals surface area contributed by atoms with Crippen LogP contribution in [0.2, 0.25) is 19.6 Å². The van der Waals surface area contributed by atoms with Crippen LogP contribution in [-0.4, -0.2) is 13.9 Å². The van der Waals surface area contributed by atoms with Crippen molar-refractivity contribution >= 4 is 13.9 Å². The Morgan fingerprint density at radius 2 is 1.93 bits per heavy atom. The highest BCUT2D eigenvalue weighted by molar-refractivity contribution is 6.87. The molecule has 0 aromatic carbocycles. The normalized spacial score (nSPS) is 32.7. The van der Waals surface area contributed by atoms with E-state index in [1.165, 1.54) is 24.5 Å². The van der Waals surface area contributed by atoms with E-state index in [4.69, 9.17) is 0 Å². The first-order valence-corrected chi connectivity index (χ1v) is 9.12. The quantitative estimate of drug-likeness (QED) is 0.604. The van der Waals surface area contributed by atoms with E-state index in [2.05, 4.69) is 26.6 Å². The predicted octanol–water partition coefficient (Wildman–Crippen LogP) is 3.32. The second-order valence-corrected chi connectivity index (χ2v) is 11.1. The summed E-state index contributed by atoms with van der Waals surface area (Å²) in [6, 6.07) is 0. The lowest BCUT2D eigenvalue weighted by molar-refractivity contribution is -0.115. The minimum atomic E-state index is -1.39. The van der Waals surface area contributed by atoms with Gasteiger partial charge in [0.15, 0.2) is 5.78 Å². The van der Waals surface area contributed by atoms with Crippen molar-refractivity contribution in [3.63, 3.8) is 0 Å². The summed E-state index contributed by atoms with van der Waals surface area (Å²) in [4.78, 5) is 12.0. The van der Waals surface area contributed by atoms with Crippen LogP contribution in [0.25, 0.3) is 0 Å². The molecule has 0 amide bonds. The van der Waals surface area contributed by atoms with Gasteiger partial charge in [-0.15, -0.1) is 0 Å². The number of carbonyl (C=O) groups is 1. The summed E-state index contributed by atoms with van der Waals surface area (Å²) in [5.74, 6) is 0.473. The number of fused-ring (bicyclic) bond motifs is 1. The van der Waals surface area contributed by atoms with Gasteiger partial charge in [-0.25, -0.2) is 0 Å². The Labute approximate surface area is 87.6 Å². The van der Waals surface area contributed by atoms with Gasteiger partial charge in [0.1, 0.15) is 0 Å². The number of ketones is 1. The molecule has 2 heteroatoms. The van der Waals surface area contributed by atoms with Crippen LogP contribution in [0, 0.1) is 5.41 Å². The zero-order valence-electron chi connectivity index (χ0n) is 9.74. The highest BCUT2D eigenvalue weighted by Crippen LogP contribution is 2.53. The average Bonchev–Trinajstić information content (AvgIpc) is 2.37. The van der Waals surface area contributed by atoms with Crippen molar-refractivity contribution in [3.05, 3.63) is 10.8 Å². The van der Waals surface area contributed by atoms with Gasteiger partial charge in [0.25, 0.3) is 0 Å². The van der Waals surface area contributed by atoms with Gasteiger partial charge in [-0.3, -0.25) is 4.79 Å². The molecule has 0 saturated heterocycles. The van der Waals surface area contributed by atoms with E-state index in [0.29, 0.717) is 5.78 Å². The molecule has 14 heavy (non-hydrogen) atoms. The topological polar surface area (TPSA) is 17.1 Å². The van der Waals surface area contributed by atoms with Crippen LogP contribution in [0.4, 0.5) is 0 Å². The number of allylic oxidation sites excluding steroid dienone is 2. The Hall–Kier alpha value is -0.373. The van der Waals surface area contributed by atoms with E-state index in [0.717, 1.165) is 6.42 Å². The van der Waals surface area contributed by atoms with E-state index in [9.17, 15) is 4.79 Å². The Bertz CT molecular complexity index is 322. The molecule has 78 valence electrons. The standard InChI is InChI=1S/C12H20OSi/c1-12-7-5-6-9(12)11(10(13)8-12)14(2,3)4/h5-8H2,1-4H3. The van der Waals surface area contributed by atoms with Gasteiger partial charge in [-0.05, 0) is 29.9 Å². The van der Waals surface area contributed by atoms with Crippen LogP contribution in [0.1, 0.15) is 32.6 Å². The lowest BCUT2D eigenvalue weighted by atomic mass is 9.86. The van der Waals surface area contributed by atoms with Crippen LogP contribution in [0.3, 0.4) is 0 Å². The van der Waals surface area contributed by atoms with Gasteiger partial charge in [-0.2, -0.15) is 0 Å². The Morgan fingerprint density at radius 1 is 1.29 bits per heavy atom. The molecule has 1 fully saturated rings. The smallest absolute Gasteiger partial charge is 0.155 e. The number of carbonyl (C=O) groups excluding carboxylic acids is 1. The fraction of sp³-hybridized carbons (Fsp3) is 0.750. The summed E-state index contributed by atoms with van der Waals surface area (Å²) < 4.78 is 0. The number of hydrogen-bond acceptors (Lipinski definition) is 1. The lowest BCUT2D eigenvalue weighted by Crippen LogP contribution is -2.28. The fourth-order valence-electron chi connectivity index (χ4n) is 3.21. The third-order valence-electron chi connectivity index (χ3n) is 3.77. The summed E-state index contributed by atoms with van der Waals surface area (Å²) in [7, 11) is -1.39. The van der Waals surface area contributed by atoms with Crippen molar-refractivity contribution in [1.29, 1.82) is 0 Å². The maximum absolute atomic E-state index is 12.0. The van der Waals surface area contributed by atoms with Gasteiger partial charge in [-0.1, -0.05) is 32.1 Å². The molecule has 0 heterocycles. The van der Waals surface area contributed by atoms with Crippen LogP contribution in [-0.2, 0) is 4.79 Å². The molecule has 1 nitrogen and oxygen atoms in total. The third-order valence-corrected chi connectivity index (χ3v) is 5.85. The molecule has 1 unspecified atom stereocenters. The van der Waals surface area contributed by atoms with Crippen molar-refractivity contribution in [1.82, 2.24) is 0 Å². The van der Waals surface area contributed by atoms with Gasteiger partial charge in [0.05, 0.1) is 8.07 Å². The summed E-state index contributed by atoms with van der Waals surface area (Å²) in [5, 5.41) is 1.29. The minimum absolute atomic E-state index is 0.271. The van der Waals surface area contributed by atoms with Crippen LogP contribution >= 0.6 is 0 Å². The monoisotopic (exact) mass is 208 g/mol. The number of hydrogen-bond donors (Lipinski definition) is 0. The maximum Gasteiger partial charge on any atom is 0.155 e. The highest BCUT2D eigenvalue weighted by atomic mass is 28.3. The zero-order valence-corrected chi connectivity index (χ0v) is 10.7. The van der Waals surface area contributed by atoms with E-state index < -0.39 is 8.07 Å². The van der Waals surface area contributed by atoms with Gasteiger partial charge >= 0.3 is 0 Å². The van der Waals surface area contributed by atoms with Crippen molar-refractivity contribution in [2.45, 2.75) is 52.2 Å². The lowest BCUT2D eigenvalue weighted by Gasteiger charge is -2.21. The summed E-state index contributed by atoms with van der Waals surface area (Å²) in [5.41, 5.74) is 1.81. The molecule has 0 radical (unpaired) electrons. The van der Waals surface area contributed by atoms with Crippen molar-refractivity contribution in [2.75, 3.05) is 0 Å². The molecular formula is C12H20OSi.